The van der Waals surface area contributed by atoms with Crippen LogP contribution in [0.3, 0.4) is 0 Å². The maximum atomic E-state index is 14.3. The molecule has 2 aliphatic heterocycles. The monoisotopic (exact) mass is 713 g/mol. The van der Waals surface area contributed by atoms with Crippen molar-refractivity contribution in [3.63, 3.8) is 0 Å². The Hall–Kier alpha value is -4.21. The van der Waals surface area contributed by atoms with Gasteiger partial charge in [-0.1, -0.05) is 49.7 Å². The Kier molecular flexibility index (Phi) is 12.0. The van der Waals surface area contributed by atoms with Crippen LogP contribution in [0.5, 0.6) is 5.75 Å². The third-order valence-electron chi connectivity index (χ3n) is 9.35. The van der Waals surface area contributed by atoms with Gasteiger partial charge in [-0.15, -0.1) is 0 Å². The average molecular weight is 714 g/mol. The second-order valence-electron chi connectivity index (χ2n) is 13.4. The van der Waals surface area contributed by atoms with Gasteiger partial charge in [0.05, 0.1) is 23.9 Å². The van der Waals surface area contributed by atoms with E-state index in [0.717, 1.165) is 49.8 Å². The number of nitrogens with two attached hydrogens (primary N) is 1. The van der Waals surface area contributed by atoms with E-state index in [1.165, 1.54) is 24.3 Å². The Morgan fingerprint density at radius 3 is 2.30 bits per heavy atom. The van der Waals surface area contributed by atoms with Crippen molar-refractivity contribution < 1.29 is 31.0 Å². The fourth-order valence-electron chi connectivity index (χ4n) is 6.23. The van der Waals surface area contributed by atoms with Crippen molar-refractivity contribution >= 4 is 22.1 Å². The van der Waals surface area contributed by atoms with Crippen molar-refractivity contribution in [3.05, 3.63) is 83.4 Å². The van der Waals surface area contributed by atoms with Crippen LogP contribution >= 0.6 is 0 Å². The van der Waals surface area contributed by atoms with E-state index in [1.807, 2.05) is 11.8 Å². The lowest BCUT2D eigenvalue weighted by Crippen LogP contribution is -2.36. The highest BCUT2D eigenvalue weighted by atomic mass is 32.2. The van der Waals surface area contributed by atoms with Crippen molar-refractivity contribution in [1.29, 1.82) is 0 Å². The third kappa shape index (κ3) is 9.52. The fraction of sp³-hybridized carbons (Fsp3) is 0.486. The average Bonchev–Trinajstić information content (AvgIpc) is 3.73. The van der Waals surface area contributed by atoms with Gasteiger partial charge in [0, 0.05) is 50.1 Å². The molecule has 4 aromatic rings. The molecule has 6 rings (SSSR count). The lowest BCUT2D eigenvalue weighted by Gasteiger charge is -2.33. The molecule has 2 saturated heterocycles. The fourth-order valence-corrected chi connectivity index (χ4v) is 6.71. The van der Waals surface area contributed by atoms with E-state index >= 15 is 0 Å². The molecule has 2 fully saturated rings. The maximum absolute atomic E-state index is 14.3. The van der Waals surface area contributed by atoms with Gasteiger partial charge < -0.3 is 24.8 Å². The number of benzene rings is 2. The molecule has 0 saturated carbocycles. The molecule has 0 unspecified atom stereocenters. The number of hydrogen-bond donors (Lipinski definition) is 2. The Balaban J connectivity index is 0.000000377. The summed E-state index contributed by atoms with van der Waals surface area (Å²) in [6.07, 6.45) is 6.44. The van der Waals surface area contributed by atoms with Gasteiger partial charge in [0.25, 0.3) is 10.1 Å². The summed E-state index contributed by atoms with van der Waals surface area (Å²) in [5.74, 6) is 1.85. The largest absolute Gasteiger partial charge is 0.490 e. The first-order valence-electron chi connectivity index (χ1n) is 16.8. The number of aryl methyl sites for hydroxylation is 1. The zero-order chi connectivity index (χ0) is 36.0. The van der Waals surface area contributed by atoms with Gasteiger partial charge in [-0.25, -0.2) is 18.7 Å². The second kappa shape index (κ2) is 16.2. The van der Waals surface area contributed by atoms with Crippen LogP contribution in [-0.2, 0) is 10.1 Å². The molecule has 2 aromatic carbocycles. The van der Waals surface area contributed by atoms with Gasteiger partial charge in [0.1, 0.15) is 11.6 Å². The number of halogens is 2. The molecule has 4 heterocycles. The highest BCUT2D eigenvalue weighted by Crippen LogP contribution is 2.32. The topological polar surface area (TPSA) is 161 Å². The molecule has 0 bridgehead atoms. The minimum Gasteiger partial charge on any atom is -0.490 e. The molecule has 0 radical (unpaired) electrons. The molecule has 0 aliphatic carbocycles. The normalized spacial score (nSPS) is 19.0. The van der Waals surface area contributed by atoms with E-state index in [9.17, 15) is 17.2 Å². The first-order valence-corrected chi connectivity index (χ1v) is 18.3. The van der Waals surface area contributed by atoms with Crippen LogP contribution in [0.25, 0.3) is 0 Å². The highest BCUT2D eigenvalue weighted by Gasteiger charge is 2.34. The van der Waals surface area contributed by atoms with Crippen molar-refractivity contribution in [1.82, 2.24) is 20.1 Å². The van der Waals surface area contributed by atoms with Crippen LogP contribution < -0.4 is 20.3 Å². The zero-order valence-corrected chi connectivity index (χ0v) is 29.6. The molecule has 2 aromatic heterocycles. The zero-order valence-electron chi connectivity index (χ0n) is 28.7. The van der Waals surface area contributed by atoms with Crippen molar-refractivity contribution in [2.45, 2.75) is 69.7 Å². The summed E-state index contributed by atoms with van der Waals surface area (Å²) in [5.41, 5.74) is 7.66. The first kappa shape index (κ1) is 37.1. The van der Waals surface area contributed by atoms with E-state index < -0.39 is 21.8 Å². The molecule has 15 heteroatoms. The predicted octanol–water partition coefficient (Wildman–Crippen LogP) is 5.76. The van der Waals surface area contributed by atoms with Crippen LogP contribution in [0, 0.1) is 30.4 Å². The number of nitrogens with zero attached hydrogens (tertiary/aromatic N) is 6. The predicted molar refractivity (Wildman–Crippen MR) is 185 cm³/mol. The van der Waals surface area contributed by atoms with Gasteiger partial charge >= 0.3 is 6.01 Å². The minimum atomic E-state index is -4.02. The lowest BCUT2D eigenvalue weighted by molar-refractivity contribution is 0.219. The Morgan fingerprint density at radius 2 is 1.70 bits per heavy atom. The van der Waals surface area contributed by atoms with Gasteiger partial charge in [-0.2, -0.15) is 13.4 Å². The third-order valence-corrected chi connectivity index (χ3v) is 10.2. The van der Waals surface area contributed by atoms with E-state index in [1.54, 1.807) is 24.5 Å². The Morgan fingerprint density at radius 1 is 1.02 bits per heavy atom. The SMILES string of the molecule is CC(C)c1noc(N2CCC([C@H](C)CCOc3cnc(N4C[C@H](c5ccc(F)cc5F)[C@@H](N)C4)nc3)CC2)n1.Cc1ccc(S(=O)(=O)O)cc1. The number of piperidine rings is 1. The van der Waals surface area contributed by atoms with Gasteiger partial charge in [-0.3, -0.25) is 4.55 Å². The summed E-state index contributed by atoms with van der Waals surface area (Å²) in [4.78, 5) is 17.5. The number of aromatic nitrogens is 4. The summed E-state index contributed by atoms with van der Waals surface area (Å²) < 4.78 is 68.5. The van der Waals surface area contributed by atoms with Crippen LogP contribution in [0.15, 0.2) is 64.3 Å². The molecular formula is C35H45F2N7O5S. The summed E-state index contributed by atoms with van der Waals surface area (Å²) in [6.45, 7) is 11.6. The number of ether oxygens (including phenoxy) is 1. The van der Waals surface area contributed by atoms with Crippen LogP contribution in [0.2, 0.25) is 0 Å². The van der Waals surface area contributed by atoms with E-state index in [-0.39, 0.29) is 22.8 Å². The second-order valence-corrected chi connectivity index (χ2v) is 14.8. The maximum Gasteiger partial charge on any atom is 0.324 e. The number of hydrogen-bond acceptors (Lipinski definition) is 11. The Bertz CT molecular complexity index is 1800. The molecule has 12 nitrogen and oxygen atoms in total. The molecule has 0 amide bonds. The highest BCUT2D eigenvalue weighted by molar-refractivity contribution is 7.85. The van der Waals surface area contributed by atoms with Crippen molar-refractivity contribution in [2.24, 2.45) is 17.6 Å². The summed E-state index contributed by atoms with van der Waals surface area (Å²) >= 11 is 0. The van der Waals surface area contributed by atoms with E-state index in [2.05, 4.69) is 45.8 Å². The molecule has 0 spiro atoms. The molecule has 3 atom stereocenters. The molecule has 3 N–H and O–H groups in total. The molecule has 270 valence electrons. The van der Waals surface area contributed by atoms with Gasteiger partial charge in [0.15, 0.2) is 11.6 Å². The van der Waals surface area contributed by atoms with Gasteiger partial charge in [0.2, 0.25) is 5.95 Å². The minimum absolute atomic E-state index is 0.0666. The van der Waals surface area contributed by atoms with Crippen LogP contribution in [-0.4, -0.2) is 71.9 Å². The number of rotatable bonds is 10. The quantitative estimate of drug-likeness (QED) is 0.192. The molecular weight excluding hydrogens is 668 g/mol. The van der Waals surface area contributed by atoms with E-state index in [4.69, 9.17) is 19.5 Å². The summed E-state index contributed by atoms with van der Waals surface area (Å²) in [5, 5.41) is 4.08. The van der Waals surface area contributed by atoms with Crippen LogP contribution in [0.1, 0.15) is 68.8 Å². The Labute approximate surface area is 291 Å². The smallest absolute Gasteiger partial charge is 0.324 e. The standard InChI is InChI=1S/C28H37F2N7O2.C7H8O3S/c1-17(2)26-34-28(39-35-26)36-9-6-19(7-10-36)18(3)8-11-38-21-13-32-27(33-14-21)37-15-23(25(31)16-37)22-5-4-20(29)12-24(22)30;1-6-2-4-7(5-3-6)11(8,9)10/h4-5,12-14,17-19,23,25H,6-11,15-16,31H2,1-3H3;2-5H,1H3,(H,8,9,10)/t18-,23-,25+;/m1./s1. The first-order chi connectivity index (χ1) is 23.8. The summed E-state index contributed by atoms with van der Waals surface area (Å²) in [6, 6.07) is 9.94. The van der Waals surface area contributed by atoms with Crippen molar-refractivity contribution in [3.8, 4) is 5.75 Å². The molecule has 2 aliphatic rings. The van der Waals surface area contributed by atoms with Crippen molar-refractivity contribution in [2.75, 3.05) is 42.6 Å². The summed E-state index contributed by atoms with van der Waals surface area (Å²) in [7, 11) is -4.02. The lowest BCUT2D eigenvalue weighted by atomic mass is 9.84. The van der Waals surface area contributed by atoms with Gasteiger partial charge in [-0.05, 0) is 61.8 Å². The van der Waals surface area contributed by atoms with Crippen LogP contribution in [0.4, 0.5) is 20.7 Å². The number of anilines is 2. The van der Waals surface area contributed by atoms with E-state index in [0.29, 0.717) is 54.8 Å². The molecule has 50 heavy (non-hydrogen) atoms.